The van der Waals surface area contributed by atoms with Crippen LogP contribution in [-0.2, 0) is 9.59 Å². The highest BCUT2D eigenvalue weighted by molar-refractivity contribution is 6.51. The van der Waals surface area contributed by atoms with Gasteiger partial charge in [-0.05, 0) is 61.2 Å². The number of aliphatic hydroxyl groups is 1. The van der Waals surface area contributed by atoms with E-state index < -0.39 is 17.7 Å². The molecule has 0 saturated carbocycles. The average molecular weight is 486 g/mol. The Morgan fingerprint density at radius 1 is 0.972 bits per heavy atom. The summed E-state index contributed by atoms with van der Waals surface area (Å²) in [6.45, 7) is 8.96. The highest BCUT2D eigenvalue weighted by Gasteiger charge is 2.47. The Morgan fingerprint density at radius 3 is 2.39 bits per heavy atom. The molecular weight excluding hydrogens is 454 g/mol. The normalized spacial score (nSPS) is 17.0. The molecule has 0 bridgehead atoms. The lowest BCUT2D eigenvalue weighted by Gasteiger charge is -2.26. The monoisotopic (exact) mass is 485 g/mol. The summed E-state index contributed by atoms with van der Waals surface area (Å²) in [5, 5.41) is 11.4. The number of benzene rings is 3. The Hall–Kier alpha value is -4.06. The van der Waals surface area contributed by atoms with E-state index >= 15 is 0 Å². The fourth-order valence-corrected chi connectivity index (χ4v) is 4.31. The number of carbonyl (C=O) groups excluding carboxylic acids is 2. The van der Waals surface area contributed by atoms with Crippen molar-refractivity contribution in [2.75, 3.05) is 18.1 Å². The molecule has 6 heteroatoms. The van der Waals surface area contributed by atoms with Crippen LogP contribution in [-0.4, -0.2) is 30.0 Å². The highest BCUT2D eigenvalue weighted by atomic mass is 16.5. The van der Waals surface area contributed by atoms with Crippen LogP contribution in [0.3, 0.4) is 0 Å². The van der Waals surface area contributed by atoms with Crippen LogP contribution in [0.5, 0.6) is 11.5 Å². The third-order valence-electron chi connectivity index (χ3n) is 5.99. The van der Waals surface area contributed by atoms with Crippen molar-refractivity contribution in [1.82, 2.24) is 0 Å². The molecule has 4 rings (SSSR count). The van der Waals surface area contributed by atoms with Crippen LogP contribution in [0, 0.1) is 12.8 Å². The largest absolute Gasteiger partial charge is 0.507 e. The Kier molecular flexibility index (Phi) is 7.44. The summed E-state index contributed by atoms with van der Waals surface area (Å²) in [4.78, 5) is 28.1. The van der Waals surface area contributed by atoms with Crippen LogP contribution < -0.4 is 14.4 Å². The van der Waals surface area contributed by atoms with Crippen molar-refractivity contribution in [3.05, 3.63) is 95.1 Å². The number of ketones is 1. The van der Waals surface area contributed by atoms with E-state index in [0.29, 0.717) is 47.4 Å². The molecule has 1 aliphatic rings. The average Bonchev–Trinajstić information content (AvgIpc) is 3.14. The van der Waals surface area contributed by atoms with Crippen LogP contribution in [0.2, 0.25) is 0 Å². The van der Waals surface area contributed by atoms with Gasteiger partial charge in [-0.15, -0.1) is 0 Å². The highest BCUT2D eigenvalue weighted by Crippen LogP contribution is 2.43. The van der Waals surface area contributed by atoms with Crippen molar-refractivity contribution >= 4 is 23.1 Å². The Balaban J connectivity index is 1.83. The van der Waals surface area contributed by atoms with E-state index in [2.05, 4.69) is 13.8 Å². The minimum atomic E-state index is -0.791. The smallest absolute Gasteiger partial charge is 0.300 e. The third-order valence-corrected chi connectivity index (χ3v) is 5.99. The summed E-state index contributed by atoms with van der Waals surface area (Å²) in [5.74, 6) is 0.0303. The second-order valence-electron chi connectivity index (χ2n) is 9.20. The lowest BCUT2D eigenvalue weighted by molar-refractivity contribution is -0.132. The lowest BCUT2D eigenvalue weighted by atomic mass is 9.94. The lowest BCUT2D eigenvalue weighted by Crippen LogP contribution is -2.29. The van der Waals surface area contributed by atoms with Gasteiger partial charge in [0, 0.05) is 17.3 Å². The van der Waals surface area contributed by atoms with Crippen LogP contribution in [0.25, 0.3) is 5.76 Å². The van der Waals surface area contributed by atoms with Crippen molar-refractivity contribution in [2.45, 2.75) is 33.7 Å². The van der Waals surface area contributed by atoms with E-state index in [-0.39, 0.29) is 11.3 Å². The molecule has 1 aliphatic heterocycles. The number of hydrogen-bond acceptors (Lipinski definition) is 5. The van der Waals surface area contributed by atoms with Crippen molar-refractivity contribution in [1.29, 1.82) is 0 Å². The van der Waals surface area contributed by atoms with Crippen LogP contribution >= 0.6 is 0 Å². The number of amides is 1. The molecule has 1 unspecified atom stereocenters. The molecule has 0 spiro atoms. The summed E-state index contributed by atoms with van der Waals surface area (Å²) in [6, 6.07) is 20.8. The van der Waals surface area contributed by atoms with E-state index in [4.69, 9.17) is 9.47 Å². The van der Waals surface area contributed by atoms with Crippen LogP contribution in [0.1, 0.15) is 43.5 Å². The molecule has 186 valence electrons. The maximum Gasteiger partial charge on any atom is 0.300 e. The van der Waals surface area contributed by atoms with Gasteiger partial charge in [-0.1, -0.05) is 50.2 Å². The number of ether oxygens (including phenoxy) is 2. The minimum absolute atomic E-state index is 0.0447. The van der Waals surface area contributed by atoms with E-state index in [0.717, 1.165) is 5.56 Å². The van der Waals surface area contributed by atoms with E-state index in [1.54, 1.807) is 42.5 Å². The zero-order valence-corrected chi connectivity index (χ0v) is 21.0. The summed E-state index contributed by atoms with van der Waals surface area (Å²) in [5.41, 5.74) is 2.56. The molecule has 0 aromatic heterocycles. The number of anilines is 1. The number of nitrogens with zero attached hydrogens (tertiary/aromatic N) is 1. The second-order valence-corrected chi connectivity index (χ2v) is 9.20. The Morgan fingerprint density at radius 2 is 1.72 bits per heavy atom. The third kappa shape index (κ3) is 4.98. The Bertz CT molecular complexity index is 1300. The summed E-state index contributed by atoms with van der Waals surface area (Å²) in [6.07, 6.45) is 0. The molecule has 36 heavy (non-hydrogen) atoms. The van der Waals surface area contributed by atoms with Gasteiger partial charge in [0.05, 0.1) is 24.8 Å². The topological polar surface area (TPSA) is 76.1 Å². The number of carbonyl (C=O) groups is 2. The van der Waals surface area contributed by atoms with Crippen molar-refractivity contribution < 1.29 is 24.2 Å². The SMILES string of the molecule is CCOc1cccc(N2C(=O)C(=O)/C(=C(/O)c3ccc(OCC(C)C)c(C)c3)C2c2ccccc2)c1. The van der Waals surface area contributed by atoms with Gasteiger partial charge in [-0.25, -0.2) is 0 Å². The van der Waals surface area contributed by atoms with Crippen LogP contribution in [0.4, 0.5) is 5.69 Å². The van der Waals surface area contributed by atoms with E-state index in [9.17, 15) is 14.7 Å². The number of Topliss-reactive ketones (excluding diaryl/α,β-unsaturated/α-hetero) is 1. The molecule has 1 saturated heterocycles. The minimum Gasteiger partial charge on any atom is -0.507 e. The van der Waals surface area contributed by atoms with Gasteiger partial charge < -0.3 is 14.6 Å². The van der Waals surface area contributed by atoms with Gasteiger partial charge in [0.25, 0.3) is 11.7 Å². The maximum absolute atomic E-state index is 13.4. The molecule has 3 aromatic carbocycles. The molecular formula is C30H31NO5. The molecule has 0 aliphatic carbocycles. The first-order valence-electron chi connectivity index (χ1n) is 12.1. The van der Waals surface area contributed by atoms with Gasteiger partial charge in [-0.2, -0.15) is 0 Å². The predicted molar refractivity (Wildman–Crippen MR) is 140 cm³/mol. The molecule has 1 atom stereocenters. The fraction of sp³-hybridized carbons (Fsp3) is 0.267. The van der Waals surface area contributed by atoms with Crippen LogP contribution in [0.15, 0.2) is 78.4 Å². The molecule has 1 N–H and O–H groups in total. The summed E-state index contributed by atoms with van der Waals surface area (Å²) >= 11 is 0. The quantitative estimate of drug-likeness (QED) is 0.239. The van der Waals surface area contributed by atoms with Gasteiger partial charge in [0.1, 0.15) is 17.3 Å². The number of hydrogen-bond donors (Lipinski definition) is 1. The van der Waals surface area contributed by atoms with Gasteiger partial charge in [0.15, 0.2) is 0 Å². The summed E-state index contributed by atoms with van der Waals surface area (Å²) in [7, 11) is 0. The number of rotatable bonds is 8. The molecule has 0 radical (unpaired) electrons. The molecule has 3 aromatic rings. The van der Waals surface area contributed by atoms with E-state index in [1.807, 2.05) is 44.2 Å². The molecule has 1 amide bonds. The van der Waals surface area contributed by atoms with E-state index in [1.165, 1.54) is 4.90 Å². The first-order chi connectivity index (χ1) is 17.3. The standard InChI is InChI=1S/C30H31NO5/c1-5-35-24-13-9-12-23(17-24)31-27(21-10-7-6-8-11-21)26(29(33)30(31)34)28(32)22-14-15-25(20(4)16-22)36-18-19(2)3/h6-17,19,27,32H,5,18H2,1-4H3/b28-26+. The molecule has 1 heterocycles. The van der Waals surface area contributed by atoms with Crippen molar-refractivity contribution in [2.24, 2.45) is 5.92 Å². The maximum atomic E-state index is 13.4. The summed E-state index contributed by atoms with van der Waals surface area (Å²) < 4.78 is 11.5. The molecule has 1 fully saturated rings. The zero-order chi connectivity index (χ0) is 25.8. The predicted octanol–water partition coefficient (Wildman–Crippen LogP) is 6.05. The second kappa shape index (κ2) is 10.7. The van der Waals surface area contributed by atoms with Gasteiger partial charge in [-0.3, -0.25) is 14.5 Å². The Labute approximate surface area is 211 Å². The number of aryl methyl sites for hydroxylation is 1. The van der Waals surface area contributed by atoms with Crippen molar-refractivity contribution in [3.63, 3.8) is 0 Å². The first kappa shape index (κ1) is 25.0. The first-order valence-corrected chi connectivity index (χ1v) is 12.1. The van der Waals surface area contributed by atoms with Gasteiger partial charge in [0.2, 0.25) is 0 Å². The van der Waals surface area contributed by atoms with Gasteiger partial charge >= 0.3 is 0 Å². The molecule has 6 nitrogen and oxygen atoms in total. The zero-order valence-electron chi connectivity index (χ0n) is 21.0. The van der Waals surface area contributed by atoms with Crippen molar-refractivity contribution in [3.8, 4) is 11.5 Å². The number of aliphatic hydroxyl groups excluding tert-OH is 1. The fourth-order valence-electron chi connectivity index (χ4n) is 4.31.